The topological polar surface area (TPSA) is 105 Å². The van der Waals surface area contributed by atoms with Gasteiger partial charge >= 0.3 is 0 Å². The molecular weight excluding hydrogens is 313 g/mol. The summed E-state index contributed by atoms with van der Waals surface area (Å²) in [5, 5.41) is 21.1. The van der Waals surface area contributed by atoms with Crippen LogP contribution < -0.4 is 0 Å². The molecule has 1 unspecified atom stereocenters. The fourth-order valence-corrected chi connectivity index (χ4v) is 2.35. The van der Waals surface area contributed by atoms with Gasteiger partial charge in [-0.25, -0.2) is 19.5 Å². The van der Waals surface area contributed by atoms with Gasteiger partial charge in [0, 0.05) is 5.39 Å². The summed E-state index contributed by atoms with van der Waals surface area (Å²) in [7, 11) is 0. The third-order valence-corrected chi connectivity index (χ3v) is 3.50. The molecule has 0 spiro atoms. The highest BCUT2D eigenvalue weighted by Gasteiger charge is 2.19. The van der Waals surface area contributed by atoms with Gasteiger partial charge in [-0.2, -0.15) is 14.8 Å². The van der Waals surface area contributed by atoms with Crippen molar-refractivity contribution in [2.24, 2.45) is 0 Å². The Labute approximate surface area is 135 Å². The first-order valence-corrected chi connectivity index (χ1v) is 7.20. The minimum atomic E-state index is -0.870. The Balaban J connectivity index is 1.94. The van der Waals surface area contributed by atoms with Gasteiger partial charge in [0.05, 0.1) is 0 Å². The van der Waals surface area contributed by atoms with Gasteiger partial charge in [-0.1, -0.05) is 18.2 Å². The number of nitrogens with one attached hydrogen (secondary N) is 1. The molecule has 0 amide bonds. The third kappa shape index (κ3) is 2.31. The standard InChI is InChI=1S/C15H12FN7O/c1-8(24)13-20-14(23(22-13)15-17-7-18-21-15)11-6-5-9-3-2-4-10(16)12(9)19-11/h2-8,24H,1H3,(H,17,18,21). The van der Waals surface area contributed by atoms with E-state index in [9.17, 15) is 9.50 Å². The SMILES string of the molecule is CC(O)c1nc(-c2ccc3cccc(F)c3n2)n(-c2ncn[nH]2)n1. The van der Waals surface area contributed by atoms with E-state index < -0.39 is 11.9 Å². The van der Waals surface area contributed by atoms with E-state index >= 15 is 0 Å². The predicted molar refractivity (Wildman–Crippen MR) is 82.6 cm³/mol. The summed E-state index contributed by atoms with van der Waals surface area (Å²) in [5.74, 6) is 0.431. The number of halogens is 1. The number of aliphatic hydroxyl groups is 1. The van der Waals surface area contributed by atoms with Crippen molar-refractivity contribution in [2.75, 3.05) is 0 Å². The molecule has 4 rings (SSSR count). The number of fused-ring (bicyclic) bond motifs is 1. The normalized spacial score (nSPS) is 12.6. The van der Waals surface area contributed by atoms with Crippen LogP contribution in [0.2, 0.25) is 0 Å². The average Bonchev–Trinajstić information content (AvgIpc) is 3.24. The molecule has 0 bridgehead atoms. The van der Waals surface area contributed by atoms with Crippen molar-refractivity contribution in [3.8, 4) is 17.5 Å². The molecule has 0 saturated carbocycles. The smallest absolute Gasteiger partial charge is 0.248 e. The van der Waals surface area contributed by atoms with E-state index in [1.807, 2.05) is 0 Å². The first-order chi connectivity index (χ1) is 11.6. The first-order valence-electron chi connectivity index (χ1n) is 7.20. The Hall–Kier alpha value is -3.20. The number of para-hydroxylation sites is 1. The third-order valence-electron chi connectivity index (χ3n) is 3.50. The Morgan fingerprint density at radius 1 is 1.21 bits per heavy atom. The molecule has 24 heavy (non-hydrogen) atoms. The molecule has 0 radical (unpaired) electrons. The van der Waals surface area contributed by atoms with Crippen molar-refractivity contribution in [2.45, 2.75) is 13.0 Å². The van der Waals surface area contributed by atoms with E-state index in [0.29, 0.717) is 22.9 Å². The minimum absolute atomic E-state index is 0.205. The zero-order valence-corrected chi connectivity index (χ0v) is 12.5. The molecule has 8 nitrogen and oxygen atoms in total. The Morgan fingerprint density at radius 3 is 2.83 bits per heavy atom. The van der Waals surface area contributed by atoms with E-state index in [2.05, 4.69) is 30.2 Å². The summed E-state index contributed by atoms with van der Waals surface area (Å²) in [4.78, 5) is 12.7. The number of pyridine rings is 1. The van der Waals surface area contributed by atoms with Crippen LogP contribution in [0.1, 0.15) is 18.9 Å². The highest BCUT2D eigenvalue weighted by molar-refractivity contribution is 5.81. The highest BCUT2D eigenvalue weighted by atomic mass is 19.1. The van der Waals surface area contributed by atoms with Crippen LogP contribution in [0, 0.1) is 5.82 Å². The van der Waals surface area contributed by atoms with Gasteiger partial charge < -0.3 is 5.11 Å². The van der Waals surface area contributed by atoms with Gasteiger partial charge in [0.1, 0.15) is 29.5 Å². The van der Waals surface area contributed by atoms with Gasteiger partial charge in [-0.15, -0.1) is 5.10 Å². The van der Waals surface area contributed by atoms with Crippen molar-refractivity contribution >= 4 is 10.9 Å². The van der Waals surface area contributed by atoms with Gasteiger partial charge in [-0.05, 0) is 19.1 Å². The van der Waals surface area contributed by atoms with Crippen molar-refractivity contribution in [3.05, 3.63) is 48.3 Å². The lowest BCUT2D eigenvalue weighted by Crippen LogP contribution is -2.03. The predicted octanol–water partition coefficient (Wildman–Crippen LogP) is 1.79. The maximum absolute atomic E-state index is 14.0. The number of H-pyrrole nitrogens is 1. The second-order valence-electron chi connectivity index (χ2n) is 5.20. The summed E-state index contributed by atoms with van der Waals surface area (Å²) in [6.45, 7) is 1.55. The molecule has 2 N–H and O–H groups in total. The monoisotopic (exact) mass is 325 g/mol. The van der Waals surface area contributed by atoms with Crippen molar-refractivity contribution in [3.63, 3.8) is 0 Å². The number of aromatic nitrogens is 7. The molecule has 0 fully saturated rings. The van der Waals surface area contributed by atoms with Crippen LogP contribution in [0.4, 0.5) is 4.39 Å². The summed E-state index contributed by atoms with van der Waals surface area (Å²) in [5.41, 5.74) is 0.643. The van der Waals surface area contributed by atoms with E-state index in [1.165, 1.54) is 17.1 Å². The van der Waals surface area contributed by atoms with Crippen LogP contribution in [-0.2, 0) is 0 Å². The van der Waals surface area contributed by atoms with Crippen LogP contribution in [0.5, 0.6) is 0 Å². The van der Waals surface area contributed by atoms with Crippen LogP contribution in [0.25, 0.3) is 28.4 Å². The number of benzene rings is 1. The Kier molecular flexibility index (Phi) is 3.28. The maximum atomic E-state index is 14.0. The highest BCUT2D eigenvalue weighted by Crippen LogP contribution is 2.24. The van der Waals surface area contributed by atoms with Gasteiger partial charge in [-0.3, -0.25) is 0 Å². The molecule has 0 saturated heterocycles. The number of hydrogen-bond donors (Lipinski definition) is 2. The number of nitrogens with zero attached hydrogens (tertiary/aromatic N) is 6. The molecule has 120 valence electrons. The lowest BCUT2D eigenvalue weighted by Gasteiger charge is -2.04. The molecule has 9 heteroatoms. The summed E-state index contributed by atoms with van der Waals surface area (Å²) >= 11 is 0. The van der Waals surface area contributed by atoms with Crippen LogP contribution in [-0.4, -0.2) is 40.0 Å². The quantitative estimate of drug-likeness (QED) is 0.595. The zero-order chi connectivity index (χ0) is 16.7. The number of aliphatic hydroxyl groups excluding tert-OH is 1. The summed E-state index contributed by atoms with van der Waals surface area (Å²) in [6, 6.07) is 8.22. The molecule has 0 aliphatic rings. The largest absolute Gasteiger partial charge is 0.385 e. The maximum Gasteiger partial charge on any atom is 0.248 e. The van der Waals surface area contributed by atoms with Crippen molar-refractivity contribution < 1.29 is 9.50 Å². The molecule has 1 atom stereocenters. The fraction of sp³-hybridized carbons (Fsp3) is 0.133. The molecule has 1 aromatic carbocycles. The van der Waals surface area contributed by atoms with E-state index in [0.717, 1.165) is 0 Å². The van der Waals surface area contributed by atoms with E-state index in [4.69, 9.17) is 0 Å². The van der Waals surface area contributed by atoms with E-state index in [-0.39, 0.29) is 11.3 Å². The lowest BCUT2D eigenvalue weighted by molar-refractivity contribution is 0.189. The number of aromatic amines is 1. The second-order valence-corrected chi connectivity index (χ2v) is 5.20. The molecule has 0 aliphatic carbocycles. The first kappa shape index (κ1) is 14.4. The minimum Gasteiger partial charge on any atom is -0.385 e. The molecule has 0 aliphatic heterocycles. The van der Waals surface area contributed by atoms with Crippen LogP contribution >= 0.6 is 0 Å². The fourth-order valence-electron chi connectivity index (χ4n) is 2.35. The molecular formula is C15H12FN7O. The van der Waals surface area contributed by atoms with Gasteiger partial charge in [0.25, 0.3) is 0 Å². The molecule has 4 aromatic rings. The number of rotatable bonds is 3. The van der Waals surface area contributed by atoms with Crippen molar-refractivity contribution in [1.82, 2.24) is 34.9 Å². The van der Waals surface area contributed by atoms with Crippen LogP contribution in [0.15, 0.2) is 36.7 Å². The Bertz CT molecular complexity index is 1010. The van der Waals surface area contributed by atoms with Gasteiger partial charge in [0.2, 0.25) is 5.95 Å². The molecule has 3 aromatic heterocycles. The second kappa shape index (κ2) is 5.46. The molecule has 3 heterocycles. The zero-order valence-electron chi connectivity index (χ0n) is 12.5. The van der Waals surface area contributed by atoms with Gasteiger partial charge in [0.15, 0.2) is 11.6 Å². The number of hydrogen-bond acceptors (Lipinski definition) is 6. The average molecular weight is 325 g/mol. The summed E-state index contributed by atoms with van der Waals surface area (Å²) in [6.07, 6.45) is 0.459. The van der Waals surface area contributed by atoms with Crippen LogP contribution in [0.3, 0.4) is 0 Å². The van der Waals surface area contributed by atoms with E-state index in [1.54, 1.807) is 31.2 Å². The Morgan fingerprint density at radius 2 is 2.08 bits per heavy atom. The summed E-state index contributed by atoms with van der Waals surface area (Å²) < 4.78 is 15.4. The lowest BCUT2D eigenvalue weighted by atomic mass is 10.2. The van der Waals surface area contributed by atoms with Crippen molar-refractivity contribution in [1.29, 1.82) is 0 Å².